The lowest BCUT2D eigenvalue weighted by Crippen LogP contribution is -2.22. The molecule has 0 aliphatic carbocycles. The molecule has 1 fully saturated rings. The first-order chi connectivity index (χ1) is 9.42. The minimum absolute atomic E-state index is 1.04. The number of nitrogens with one attached hydrogen (secondary N) is 1. The van der Waals surface area contributed by atoms with E-state index in [9.17, 15) is 0 Å². The fourth-order valence-corrected chi connectivity index (χ4v) is 2.45. The SMILES string of the molecule is C(=C1CCNCC1)c1cccc(-c2ccccn2)c1. The number of rotatable bonds is 2. The van der Waals surface area contributed by atoms with Crippen LogP contribution in [0, 0.1) is 0 Å². The highest BCUT2D eigenvalue weighted by atomic mass is 14.9. The molecule has 0 amide bonds. The van der Waals surface area contributed by atoms with Crippen LogP contribution in [-0.2, 0) is 0 Å². The Hall–Kier alpha value is -1.93. The van der Waals surface area contributed by atoms with Gasteiger partial charge in [0.05, 0.1) is 5.69 Å². The van der Waals surface area contributed by atoms with Gasteiger partial charge in [0.15, 0.2) is 0 Å². The van der Waals surface area contributed by atoms with Crippen LogP contribution in [0.3, 0.4) is 0 Å². The van der Waals surface area contributed by atoms with Gasteiger partial charge in [-0.05, 0) is 49.7 Å². The van der Waals surface area contributed by atoms with Gasteiger partial charge in [-0.25, -0.2) is 0 Å². The molecule has 1 saturated heterocycles. The van der Waals surface area contributed by atoms with E-state index < -0.39 is 0 Å². The van der Waals surface area contributed by atoms with E-state index >= 15 is 0 Å². The number of nitrogens with zero attached hydrogens (tertiary/aromatic N) is 1. The molecule has 1 aliphatic rings. The lowest BCUT2D eigenvalue weighted by Gasteiger charge is -2.15. The lowest BCUT2D eigenvalue weighted by atomic mass is 10.0. The van der Waals surface area contributed by atoms with E-state index in [1.807, 2.05) is 18.3 Å². The van der Waals surface area contributed by atoms with Gasteiger partial charge in [-0.2, -0.15) is 0 Å². The first-order valence-corrected chi connectivity index (χ1v) is 6.83. The number of aromatic nitrogens is 1. The average Bonchev–Trinajstić information content (AvgIpc) is 2.49. The fraction of sp³-hybridized carbons (Fsp3) is 0.235. The normalized spacial score (nSPS) is 15.3. The monoisotopic (exact) mass is 250 g/mol. The summed E-state index contributed by atoms with van der Waals surface area (Å²) in [6, 6.07) is 14.6. The van der Waals surface area contributed by atoms with E-state index in [1.165, 1.54) is 16.7 Å². The Bertz CT molecular complexity index is 565. The zero-order valence-corrected chi connectivity index (χ0v) is 11.0. The molecular weight excluding hydrogens is 232 g/mol. The van der Waals surface area contributed by atoms with Crippen LogP contribution in [0.4, 0.5) is 0 Å². The van der Waals surface area contributed by atoms with Gasteiger partial charge < -0.3 is 5.32 Å². The van der Waals surface area contributed by atoms with Gasteiger partial charge in [0.1, 0.15) is 0 Å². The van der Waals surface area contributed by atoms with Crippen LogP contribution in [0.15, 0.2) is 54.2 Å². The zero-order valence-electron chi connectivity index (χ0n) is 11.0. The topological polar surface area (TPSA) is 24.9 Å². The van der Waals surface area contributed by atoms with Crippen LogP contribution in [0.25, 0.3) is 17.3 Å². The van der Waals surface area contributed by atoms with Crippen LogP contribution in [0.1, 0.15) is 18.4 Å². The molecule has 1 aromatic carbocycles. The standard InChI is InChI=1S/C17H18N2/c1-2-9-19-17(6-1)16-5-3-4-15(13-16)12-14-7-10-18-11-8-14/h1-6,9,12-13,18H,7-8,10-11H2. The minimum Gasteiger partial charge on any atom is -0.316 e. The third-order valence-electron chi connectivity index (χ3n) is 3.46. The van der Waals surface area contributed by atoms with Crippen molar-refractivity contribution in [3.63, 3.8) is 0 Å². The van der Waals surface area contributed by atoms with Crippen LogP contribution < -0.4 is 5.32 Å². The third-order valence-corrected chi connectivity index (χ3v) is 3.46. The molecule has 0 spiro atoms. The summed E-state index contributed by atoms with van der Waals surface area (Å²) >= 11 is 0. The summed E-state index contributed by atoms with van der Waals surface area (Å²) in [6.45, 7) is 2.21. The highest BCUT2D eigenvalue weighted by Gasteiger charge is 2.05. The molecule has 0 saturated carbocycles. The van der Waals surface area contributed by atoms with Gasteiger partial charge in [0, 0.05) is 11.8 Å². The smallest absolute Gasteiger partial charge is 0.0702 e. The van der Waals surface area contributed by atoms with Gasteiger partial charge in [-0.15, -0.1) is 0 Å². The number of hydrogen-bond acceptors (Lipinski definition) is 2. The molecule has 0 radical (unpaired) electrons. The molecule has 2 aromatic rings. The van der Waals surface area contributed by atoms with Gasteiger partial charge in [0.2, 0.25) is 0 Å². The number of hydrogen-bond donors (Lipinski definition) is 1. The third kappa shape index (κ3) is 3.09. The van der Waals surface area contributed by atoms with Crippen molar-refractivity contribution < 1.29 is 0 Å². The molecule has 3 rings (SSSR count). The summed E-state index contributed by atoms with van der Waals surface area (Å²) in [5, 5.41) is 3.39. The molecule has 2 heterocycles. The Balaban J connectivity index is 1.88. The van der Waals surface area contributed by atoms with Crippen molar-refractivity contribution in [1.82, 2.24) is 10.3 Å². The zero-order chi connectivity index (χ0) is 12.9. The number of benzene rings is 1. The van der Waals surface area contributed by atoms with E-state index in [0.29, 0.717) is 0 Å². The Kier molecular flexibility index (Phi) is 3.70. The van der Waals surface area contributed by atoms with Crippen LogP contribution in [-0.4, -0.2) is 18.1 Å². The van der Waals surface area contributed by atoms with Crippen LogP contribution in [0.2, 0.25) is 0 Å². The maximum absolute atomic E-state index is 4.41. The van der Waals surface area contributed by atoms with E-state index in [4.69, 9.17) is 0 Å². The predicted octanol–water partition coefficient (Wildman–Crippen LogP) is 3.52. The Morgan fingerprint density at radius 1 is 1.00 bits per heavy atom. The van der Waals surface area contributed by atoms with Crippen molar-refractivity contribution in [2.24, 2.45) is 0 Å². The summed E-state index contributed by atoms with van der Waals surface area (Å²) in [5.74, 6) is 0. The quantitative estimate of drug-likeness (QED) is 0.882. The molecule has 0 atom stereocenters. The Morgan fingerprint density at radius 2 is 1.89 bits per heavy atom. The predicted molar refractivity (Wildman–Crippen MR) is 79.8 cm³/mol. The number of pyridine rings is 1. The molecule has 1 aromatic heterocycles. The first kappa shape index (κ1) is 12.1. The molecule has 2 nitrogen and oxygen atoms in total. The Morgan fingerprint density at radius 3 is 2.68 bits per heavy atom. The maximum Gasteiger partial charge on any atom is 0.0702 e. The van der Waals surface area contributed by atoms with Crippen LogP contribution in [0.5, 0.6) is 0 Å². The molecular formula is C17H18N2. The summed E-state index contributed by atoms with van der Waals surface area (Å²) in [4.78, 5) is 4.41. The minimum atomic E-state index is 1.04. The largest absolute Gasteiger partial charge is 0.316 e. The second-order valence-electron chi connectivity index (χ2n) is 4.89. The summed E-state index contributed by atoms with van der Waals surface area (Å²) < 4.78 is 0. The van der Waals surface area contributed by atoms with Gasteiger partial charge in [0.25, 0.3) is 0 Å². The van der Waals surface area contributed by atoms with Crippen molar-refractivity contribution >= 4 is 6.08 Å². The van der Waals surface area contributed by atoms with Crippen LogP contribution >= 0.6 is 0 Å². The van der Waals surface area contributed by atoms with Crippen molar-refractivity contribution in [2.45, 2.75) is 12.8 Å². The fourth-order valence-electron chi connectivity index (χ4n) is 2.45. The maximum atomic E-state index is 4.41. The first-order valence-electron chi connectivity index (χ1n) is 6.83. The van der Waals surface area contributed by atoms with Crippen molar-refractivity contribution in [1.29, 1.82) is 0 Å². The summed E-state index contributed by atoms with van der Waals surface area (Å²) in [5.41, 5.74) is 5.04. The molecule has 2 heteroatoms. The molecule has 0 bridgehead atoms. The molecule has 96 valence electrons. The van der Waals surface area contributed by atoms with E-state index in [-0.39, 0.29) is 0 Å². The van der Waals surface area contributed by atoms with Crippen molar-refractivity contribution in [3.8, 4) is 11.3 Å². The van der Waals surface area contributed by atoms with E-state index in [1.54, 1.807) is 0 Å². The Labute approximate surface area is 114 Å². The summed E-state index contributed by atoms with van der Waals surface area (Å²) in [6.07, 6.45) is 6.49. The lowest BCUT2D eigenvalue weighted by molar-refractivity contribution is 0.613. The van der Waals surface area contributed by atoms with E-state index in [0.717, 1.165) is 31.6 Å². The second kappa shape index (κ2) is 5.81. The highest BCUT2D eigenvalue weighted by molar-refractivity contribution is 5.65. The van der Waals surface area contributed by atoms with Crippen molar-refractivity contribution in [2.75, 3.05) is 13.1 Å². The molecule has 1 aliphatic heterocycles. The molecule has 19 heavy (non-hydrogen) atoms. The van der Waals surface area contributed by atoms with Crippen molar-refractivity contribution in [3.05, 3.63) is 59.8 Å². The molecule has 0 unspecified atom stereocenters. The second-order valence-corrected chi connectivity index (χ2v) is 4.89. The van der Waals surface area contributed by atoms with Gasteiger partial charge in [-0.3, -0.25) is 4.98 Å². The van der Waals surface area contributed by atoms with E-state index in [2.05, 4.69) is 46.7 Å². The molecule has 1 N–H and O–H groups in total. The highest BCUT2D eigenvalue weighted by Crippen LogP contribution is 2.21. The van der Waals surface area contributed by atoms with Gasteiger partial charge in [-0.1, -0.05) is 35.9 Å². The summed E-state index contributed by atoms with van der Waals surface area (Å²) in [7, 11) is 0. The van der Waals surface area contributed by atoms with Gasteiger partial charge >= 0.3 is 0 Å². The average molecular weight is 250 g/mol. The number of piperidine rings is 1.